The summed E-state index contributed by atoms with van der Waals surface area (Å²) in [6.07, 6.45) is 1.88. The fourth-order valence-electron chi connectivity index (χ4n) is 2.90. The molecule has 0 aromatic heterocycles. The van der Waals surface area contributed by atoms with Crippen LogP contribution in [0.25, 0.3) is 0 Å². The second-order valence-electron chi connectivity index (χ2n) is 6.36. The molecule has 0 radical (unpaired) electrons. The minimum atomic E-state index is -0.335. The second-order valence-corrected chi connectivity index (χ2v) is 6.36. The van der Waals surface area contributed by atoms with E-state index in [1.807, 2.05) is 0 Å². The fourth-order valence-corrected chi connectivity index (χ4v) is 2.90. The molecule has 0 spiro atoms. The minimum absolute atomic E-state index is 0.335. The van der Waals surface area contributed by atoms with Gasteiger partial charge in [0, 0.05) is 12.3 Å². The maximum Gasteiger partial charge on any atom is 0.126 e. The van der Waals surface area contributed by atoms with Gasteiger partial charge in [0.15, 0.2) is 0 Å². The van der Waals surface area contributed by atoms with Crippen molar-refractivity contribution in [1.29, 1.82) is 0 Å². The molecular weight excluding hydrogens is 276 g/mol. The van der Waals surface area contributed by atoms with Gasteiger partial charge < -0.3 is 19.6 Å². The van der Waals surface area contributed by atoms with Crippen molar-refractivity contribution in [3.63, 3.8) is 0 Å². The lowest BCUT2D eigenvalue weighted by molar-refractivity contribution is -0.903. The highest BCUT2D eigenvalue weighted by Gasteiger charge is 2.22. The quantitative estimate of drug-likeness (QED) is 0.700. The van der Waals surface area contributed by atoms with E-state index < -0.39 is 0 Å². The third-order valence-electron chi connectivity index (χ3n) is 4.35. The third kappa shape index (κ3) is 5.59. The molecule has 4 heteroatoms. The summed E-state index contributed by atoms with van der Waals surface area (Å²) in [5, 5.41) is 10.1. The van der Waals surface area contributed by atoms with Gasteiger partial charge in [-0.25, -0.2) is 0 Å². The predicted octanol–water partition coefficient (Wildman–Crippen LogP) is 0.878. The molecule has 0 saturated carbocycles. The Labute approximate surface area is 134 Å². The summed E-state index contributed by atoms with van der Waals surface area (Å²) >= 11 is 0. The number of quaternary nitrogens is 1. The Kier molecular flexibility index (Phi) is 7.16. The number of benzene rings is 1. The molecule has 1 aromatic rings. The van der Waals surface area contributed by atoms with Crippen LogP contribution in [0.15, 0.2) is 24.3 Å². The monoisotopic (exact) mass is 307 g/mol. The van der Waals surface area contributed by atoms with Gasteiger partial charge in [0.25, 0.3) is 0 Å². The second kappa shape index (κ2) is 9.13. The molecule has 1 aliphatic heterocycles. The summed E-state index contributed by atoms with van der Waals surface area (Å²) in [4.78, 5) is 3.92. The van der Waals surface area contributed by atoms with Gasteiger partial charge >= 0.3 is 0 Å². The molecule has 4 nitrogen and oxygen atoms in total. The van der Waals surface area contributed by atoms with Gasteiger partial charge in [0.2, 0.25) is 0 Å². The summed E-state index contributed by atoms with van der Waals surface area (Å²) in [5.41, 5.74) is 2.62. The van der Waals surface area contributed by atoms with Crippen LogP contribution in [-0.2, 0) is 4.74 Å². The van der Waals surface area contributed by atoms with Gasteiger partial charge in [0.05, 0.1) is 32.8 Å². The van der Waals surface area contributed by atoms with Crippen molar-refractivity contribution in [1.82, 2.24) is 0 Å². The Morgan fingerprint density at radius 3 is 2.55 bits per heavy atom. The zero-order chi connectivity index (χ0) is 15.8. The first-order valence-corrected chi connectivity index (χ1v) is 8.60. The Hall–Kier alpha value is -1.10. The number of aliphatic hydroxyl groups is 1. The van der Waals surface area contributed by atoms with E-state index in [4.69, 9.17) is 4.74 Å². The van der Waals surface area contributed by atoms with Gasteiger partial charge in [-0.1, -0.05) is 31.0 Å². The fraction of sp³-hybridized carbons (Fsp3) is 0.667. The highest BCUT2D eigenvalue weighted by atomic mass is 16.5. The van der Waals surface area contributed by atoms with E-state index in [1.54, 1.807) is 0 Å². The smallest absolute Gasteiger partial charge is 0.126 e. The van der Waals surface area contributed by atoms with E-state index in [2.05, 4.69) is 43.0 Å². The van der Waals surface area contributed by atoms with Crippen LogP contribution in [-0.4, -0.2) is 57.1 Å². The first-order valence-electron chi connectivity index (χ1n) is 8.60. The summed E-state index contributed by atoms with van der Waals surface area (Å²) in [6, 6.07) is 8.76. The number of anilines is 1. The van der Waals surface area contributed by atoms with Crippen molar-refractivity contribution in [2.45, 2.75) is 32.8 Å². The number of unbranched alkanes of at least 4 members (excludes halogenated alkanes) is 1. The van der Waals surface area contributed by atoms with Crippen molar-refractivity contribution in [3.8, 4) is 0 Å². The highest BCUT2D eigenvalue weighted by molar-refractivity contribution is 5.47. The van der Waals surface area contributed by atoms with E-state index >= 15 is 0 Å². The number of rotatable bonds is 8. The summed E-state index contributed by atoms with van der Waals surface area (Å²) in [5.74, 6) is 0. The number of hydrogen-bond acceptors (Lipinski definition) is 3. The lowest BCUT2D eigenvalue weighted by atomic mass is 10.2. The van der Waals surface area contributed by atoms with Crippen LogP contribution < -0.4 is 9.80 Å². The number of piperazine rings is 1. The van der Waals surface area contributed by atoms with Crippen molar-refractivity contribution >= 4 is 5.69 Å². The lowest BCUT2D eigenvalue weighted by Gasteiger charge is -2.34. The number of ether oxygens (including phenoxy) is 1. The molecule has 0 amide bonds. The Morgan fingerprint density at radius 1 is 1.23 bits per heavy atom. The number of nitrogens with zero attached hydrogens (tertiary/aromatic N) is 1. The van der Waals surface area contributed by atoms with Crippen LogP contribution in [0.5, 0.6) is 0 Å². The van der Waals surface area contributed by atoms with Crippen molar-refractivity contribution < 1.29 is 14.7 Å². The minimum Gasteiger partial charge on any atom is -0.385 e. The maximum atomic E-state index is 10.1. The molecule has 1 saturated heterocycles. The zero-order valence-electron chi connectivity index (χ0n) is 14.1. The summed E-state index contributed by atoms with van der Waals surface area (Å²) < 4.78 is 5.51. The number of nitrogens with one attached hydrogen (secondary N) is 1. The zero-order valence-corrected chi connectivity index (χ0v) is 14.1. The van der Waals surface area contributed by atoms with E-state index in [0.717, 1.165) is 52.2 Å². The maximum absolute atomic E-state index is 10.1. The number of hydrogen-bond donors (Lipinski definition) is 2. The van der Waals surface area contributed by atoms with Crippen LogP contribution in [0.4, 0.5) is 5.69 Å². The molecule has 0 bridgehead atoms. The third-order valence-corrected chi connectivity index (χ3v) is 4.35. The molecule has 1 aromatic carbocycles. The Balaban J connectivity index is 1.67. The van der Waals surface area contributed by atoms with Crippen molar-refractivity contribution in [2.24, 2.45) is 0 Å². The predicted molar refractivity (Wildman–Crippen MR) is 90.7 cm³/mol. The largest absolute Gasteiger partial charge is 0.385 e. The van der Waals surface area contributed by atoms with Crippen molar-refractivity contribution in [3.05, 3.63) is 29.8 Å². The van der Waals surface area contributed by atoms with Gasteiger partial charge in [0.1, 0.15) is 12.6 Å². The molecular formula is C18H31N2O2+. The summed E-state index contributed by atoms with van der Waals surface area (Å²) in [7, 11) is 0. The van der Waals surface area contributed by atoms with Crippen LogP contribution in [0.2, 0.25) is 0 Å². The molecule has 0 unspecified atom stereocenters. The first-order chi connectivity index (χ1) is 10.7. The molecule has 124 valence electrons. The number of aryl methyl sites for hydroxylation is 1. The molecule has 22 heavy (non-hydrogen) atoms. The van der Waals surface area contributed by atoms with Crippen molar-refractivity contribution in [2.75, 3.05) is 50.8 Å². The molecule has 0 aliphatic carbocycles. The van der Waals surface area contributed by atoms with Crippen LogP contribution in [0.1, 0.15) is 25.3 Å². The van der Waals surface area contributed by atoms with Crippen LogP contribution in [0.3, 0.4) is 0 Å². The molecule has 2 N–H and O–H groups in total. The molecule has 1 fully saturated rings. The molecule has 2 rings (SSSR count). The van der Waals surface area contributed by atoms with Crippen LogP contribution in [0, 0.1) is 6.92 Å². The normalized spacial score (nSPS) is 17.7. The SMILES string of the molecule is CCCCOC[C@H](O)C[NH+]1CCN(c2ccc(C)cc2)CC1. The molecule has 1 heterocycles. The molecule has 1 aliphatic rings. The van der Waals surface area contributed by atoms with Crippen LogP contribution >= 0.6 is 0 Å². The van der Waals surface area contributed by atoms with Gasteiger partial charge in [-0.2, -0.15) is 0 Å². The van der Waals surface area contributed by atoms with Gasteiger partial charge in [-0.15, -0.1) is 0 Å². The molecule has 1 atom stereocenters. The van der Waals surface area contributed by atoms with E-state index in [0.29, 0.717) is 6.61 Å². The first kappa shape index (κ1) is 17.3. The lowest BCUT2D eigenvalue weighted by Crippen LogP contribution is -3.16. The summed E-state index contributed by atoms with van der Waals surface area (Å²) in [6.45, 7) is 10.6. The van der Waals surface area contributed by atoms with Gasteiger partial charge in [-0.05, 0) is 25.5 Å². The highest BCUT2D eigenvalue weighted by Crippen LogP contribution is 2.14. The average Bonchev–Trinajstić information content (AvgIpc) is 2.53. The standard InChI is InChI=1S/C18H30N2O2/c1-3-4-13-22-15-18(21)14-19-9-11-20(12-10-19)17-7-5-16(2)6-8-17/h5-8,18,21H,3-4,9-15H2,1-2H3/p+1/t18-/m1/s1. The topological polar surface area (TPSA) is 37.1 Å². The van der Waals surface area contributed by atoms with Gasteiger partial charge in [-0.3, -0.25) is 0 Å². The Morgan fingerprint density at radius 2 is 1.91 bits per heavy atom. The average molecular weight is 307 g/mol. The van der Waals surface area contributed by atoms with E-state index in [-0.39, 0.29) is 6.10 Å². The van der Waals surface area contributed by atoms with E-state index in [1.165, 1.54) is 16.2 Å². The van der Waals surface area contributed by atoms with E-state index in [9.17, 15) is 5.11 Å². The Bertz CT molecular complexity index is 414. The number of aliphatic hydroxyl groups excluding tert-OH is 1.